The van der Waals surface area contributed by atoms with E-state index in [2.05, 4.69) is 10.1 Å². The van der Waals surface area contributed by atoms with Gasteiger partial charge in [-0.1, -0.05) is 36.7 Å². The first kappa shape index (κ1) is 22.8. The van der Waals surface area contributed by atoms with Gasteiger partial charge in [0.05, 0.1) is 6.61 Å². The van der Waals surface area contributed by atoms with Gasteiger partial charge in [-0.25, -0.2) is 14.3 Å². The van der Waals surface area contributed by atoms with Crippen LogP contribution in [0.4, 0.5) is 4.79 Å². The first-order valence-corrected chi connectivity index (χ1v) is 11.6. The van der Waals surface area contributed by atoms with Gasteiger partial charge in [0.1, 0.15) is 11.3 Å². The monoisotopic (exact) mass is 474 g/mol. The number of likely N-dealkylation sites (tertiary alicyclic amines) is 1. The van der Waals surface area contributed by atoms with Gasteiger partial charge in [0, 0.05) is 55.0 Å². The molecule has 0 aliphatic carbocycles. The number of carbonyl (C=O) groups excluding carboxylic acids is 2. The molecular weight excluding hydrogens is 448 g/mol. The van der Waals surface area contributed by atoms with Gasteiger partial charge in [0.15, 0.2) is 5.76 Å². The van der Waals surface area contributed by atoms with E-state index in [4.69, 9.17) is 9.26 Å². The molecule has 1 atom stereocenters. The van der Waals surface area contributed by atoms with Gasteiger partial charge in [-0.15, -0.1) is 0 Å². The van der Waals surface area contributed by atoms with Crippen LogP contribution in [0.3, 0.4) is 0 Å². The van der Waals surface area contributed by atoms with Crippen LogP contribution >= 0.6 is 0 Å². The Morgan fingerprint density at radius 2 is 2.06 bits per heavy atom. The molecule has 4 aromatic rings. The van der Waals surface area contributed by atoms with Crippen LogP contribution in [0.15, 0.2) is 59.4 Å². The number of carbonyl (C=O) groups is 2. The minimum Gasteiger partial charge on any atom is -0.449 e. The van der Waals surface area contributed by atoms with Crippen molar-refractivity contribution in [3.63, 3.8) is 0 Å². The molecule has 1 amide bonds. The number of aromatic nitrogens is 3. The number of pyridine rings is 1. The van der Waals surface area contributed by atoms with Crippen LogP contribution in [0.2, 0.25) is 0 Å². The number of hydrogen-bond acceptors (Lipinski definition) is 7. The lowest BCUT2D eigenvalue weighted by atomic mass is 9.97. The second-order valence-electron chi connectivity index (χ2n) is 8.75. The van der Waals surface area contributed by atoms with Gasteiger partial charge in [-0.05, 0) is 30.2 Å². The molecule has 0 saturated carbocycles. The summed E-state index contributed by atoms with van der Waals surface area (Å²) in [6, 6.07) is 12.9. The summed E-state index contributed by atoms with van der Waals surface area (Å²) in [5, 5.41) is 15.8. The highest BCUT2D eigenvalue weighted by atomic mass is 16.5. The third-order valence-corrected chi connectivity index (χ3v) is 6.38. The van der Waals surface area contributed by atoms with Gasteiger partial charge in [0.2, 0.25) is 5.60 Å². The van der Waals surface area contributed by atoms with Crippen molar-refractivity contribution in [3.05, 3.63) is 60.6 Å². The number of ether oxygens (including phenoxy) is 1. The number of fused-ring (bicyclic) bond motifs is 1. The summed E-state index contributed by atoms with van der Waals surface area (Å²) in [5.41, 5.74) is 1.73. The van der Waals surface area contributed by atoms with Crippen LogP contribution in [0.5, 0.6) is 0 Å². The van der Waals surface area contributed by atoms with Crippen molar-refractivity contribution in [1.29, 1.82) is 0 Å². The molecule has 0 spiro atoms. The van der Waals surface area contributed by atoms with E-state index in [-0.39, 0.29) is 12.2 Å². The third-order valence-electron chi connectivity index (χ3n) is 6.38. The fourth-order valence-corrected chi connectivity index (χ4v) is 4.34. The van der Waals surface area contributed by atoms with Crippen LogP contribution in [-0.2, 0) is 15.1 Å². The summed E-state index contributed by atoms with van der Waals surface area (Å²) in [4.78, 5) is 31.0. The summed E-state index contributed by atoms with van der Waals surface area (Å²) in [6.45, 7) is 2.83. The minimum absolute atomic E-state index is 0.128. The molecule has 4 heterocycles. The van der Waals surface area contributed by atoms with Crippen LogP contribution in [0, 0.1) is 0 Å². The van der Waals surface area contributed by atoms with Crippen molar-refractivity contribution in [2.24, 2.45) is 0 Å². The molecule has 1 fully saturated rings. The summed E-state index contributed by atoms with van der Waals surface area (Å²) in [5.74, 6) is -0.275. The molecule has 1 aliphatic rings. The summed E-state index contributed by atoms with van der Waals surface area (Å²) >= 11 is 0. The molecule has 0 radical (unpaired) electrons. The molecule has 1 aliphatic heterocycles. The highest BCUT2D eigenvalue weighted by Crippen LogP contribution is 2.36. The van der Waals surface area contributed by atoms with E-state index in [1.807, 2.05) is 43.3 Å². The van der Waals surface area contributed by atoms with Crippen molar-refractivity contribution in [2.45, 2.75) is 31.8 Å². The molecule has 1 aromatic carbocycles. The lowest BCUT2D eigenvalue weighted by Gasteiger charge is -2.16. The van der Waals surface area contributed by atoms with Crippen molar-refractivity contribution < 1.29 is 24.0 Å². The Morgan fingerprint density at radius 1 is 1.23 bits per heavy atom. The normalized spacial score (nSPS) is 17.9. The predicted molar refractivity (Wildman–Crippen MR) is 128 cm³/mol. The summed E-state index contributed by atoms with van der Waals surface area (Å²) in [7, 11) is 1.64. The Labute approximate surface area is 201 Å². The van der Waals surface area contributed by atoms with Crippen LogP contribution in [0.1, 0.15) is 31.9 Å². The average molecular weight is 475 g/mol. The van der Waals surface area contributed by atoms with Crippen LogP contribution < -0.4 is 0 Å². The molecule has 0 bridgehead atoms. The Hall–Kier alpha value is -3.98. The van der Waals surface area contributed by atoms with E-state index in [1.54, 1.807) is 25.5 Å². The number of nitrogens with zero attached hydrogens (tertiary/aromatic N) is 4. The topological polar surface area (TPSA) is 111 Å². The molecule has 1 N–H and O–H groups in total. The van der Waals surface area contributed by atoms with Crippen LogP contribution in [0.25, 0.3) is 33.4 Å². The Balaban J connectivity index is 1.50. The minimum atomic E-state index is -1.70. The number of hydrogen-bond donors (Lipinski definition) is 1. The second kappa shape index (κ2) is 8.99. The second-order valence-corrected chi connectivity index (χ2v) is 8.75. The number of amides is 1. The van der Waals surface area contributed by atoms with E-state index in [9.17, 15) is 14.7 Å². The van der Waals surface area contributed by atoms with Gasteiger partial charge in [-0.3, -0.25) is 4.79 Å². The first-order chi connectivity index (χ1) is 16.9. The number of aliphatic hydroxyl groups is 1. The number of benzene rings is 1. The first-order valence-electron chi connectivity index (χ1n) is 11.6. The predicted octanol–water partition coefficient (Wildman–Crippen LogP) is 4.19. The lowest BCUT2D eigenvalue weighted by Crippen LogP contribution is -2.35. The van der Waals surface area contributed by atoms with E-state index in [0.717, 1.165) is 34.9 Å². The van der Waals surface area contributed by atoms with Gasteiger partial charge in [0.25, 0.3) is 5.91 Å². The summed E-state index contributed by atoms with van der Waals surface area (Å²) in [6.07, 6.45) is 4.88. The number of likely N-dealkylation sites (N-methyl/N-ethyl adjacent to an activating group) is 1. The van der Waals surface area contributed by atoms with Crippen LogP contribution in [-0.4, -0.2) is 56.9 Å². The van der Waals surface area contributed by atoms with Crippen molar-refractivity contribution >= 4 is 23.0 Å². The quantitative estimate of drug-likeness (QED) is 0.417. The van der Waals surface area contributed by atoms with Gasteiger partial charge in [-0.2, -0.15) is 0 Å². The average Bonchev–Trinajstić information content (AvgIpc) is 3.59. The highest BCUT2D eigenvalue weighted by Gasteiger charge is 2.48. The molecule has 3 aromatic heterocycles. The molecular formula is C26H26N4O5. The zero-order chi connectivity index (χ0) is 24.6. The maximum atomic E-state index is 12.7. The third kappa shape index (κ3) is 3.97. The highest BCUT2D eigenvalue weighted by molar-refractivity contribution is 5.99. The Morgan fingerprint density at radius 3 is 2.83 bits per heavy atom. The summed E-state index contributed by atoms with van der Waals surface area (Å²) < 4.78 is 12.2. The largest absolute Gasteiger partial charge is 0.449 e. The molecule has 1 saturated heterocycles. The Bertz CT molecular complexity index is 1410. The van der Waals surface area contributed by atoms with E-state index < -0.39 is 17.6 Å². The molecule has 5 rings (SSSR count). The molecule has 9 heteroatoms. The molecule has 35 heavy (non-hydrogen) atoms. The van der Waals surface area contributed by atoms with E-state index in [0.29, 0.717) is 24.5 Å². The maximum Gasteiger partial charge on any atom is 0.419 e. The molecule has 180 valence electrons. The van der Waals surface area contributed by atoms with Gasteiger partial charge < -0.3 is 19.3 Å². The van der Waals surface area contributed by atoms with Crippen molar-refractivity contribution in [1.82, 2.24) is 19.6 Å². The zero-order valence-corrected chi connectivity index (χ0v) is 19.6. The van der Waals surface area contributed by atoms with Gasteiger partial charge >= 0.3 is 6.09 Å². The van der Waals surface area contributed by atoms with E-state index in [1.165, 1.54) is 9.47 Å². The Kier molecular flexibility index (Phi) is 5.86. The molecule has 9 nitrogen and oxygen atoms in total. The maximum absolute atomic E-state index is 12.7. The number of unbranched alkanes of at least 4 members (excludes halogenated alkanes) is 1. The smallest absolute Gasteiger partial charge is 0.419 e. The lowest BCUT2D eigenvalue weighted by molar-refractivity contribution is -0.144. The van der Waals surface area contributed by atoms with Crippen molar-refractivity contribution in [2.75, 3.05) is 20.2 Å². The fraction of sp³-hybridized carbons (Fsp3) is 0.308. The standard InChI is InChI=1S/C26H26N4O5/c1-3-4-13-34-25(32)30-16-20(19-9-6-11-27-23(19)30)17-7-5-8-18(14-17)21-15-22(35-28-21)26(33)10-12-29(2)24(26)31/h5-9,11,14-16,33H,3-4,10,12-13H2,1-2H3/t26-/m1/s1. The van der Waals surface area contributed by atoms with Crippen molar-refractivity contribution in [3.8, 4) is 22.4 Å². The fourth-order valence-electron chi connectivity index (χ4n) is 4.34. The number of rotatable bonds is 6. The SMILES string of the molecule is CCCCOC(=O)n1cc(-c2cccc(-c3cc([C@]4(O)CCN(C)C4=O)on3)c2)c2cccnc21. The molecule has 0 unspecified atom stereocenters. The van der Waals surface area contributed by atoms with E-state index >= 15 is 0 Å². The zero-order valence-electron chi connectivity index (χ0n) is 19.6.